The van der Waals surface area contributed by atoms with Gasteiger partial charge in [0.15, 0.2) is 0 Å². The van der Waals surface area contributed by atoms with Crippen LogP contribution < -0.4 is 10.5 Å². The molecule has 0 aromatic carbocycles. The summed E-state index contributed by atoms with van der Waals surface area (Å²) in [6.45, 7) is 2.66. The van der Waals surface area contributed by atoms with E-state index >= 15 is 0 Å². The van der Waals surface area contributed by atoms with E-state index in [0.29, 0.717) is 18.6 Å². The van der Waals surface area contributed by atoms with Gasteiger partial charge in [0, 0.05) is 18.2 Å². The molecule has 1 aliphatic carbocycles. The fourth-order valence-corrected chi connectivity index (χ4v) is 2.29. The van der Waals surface area contributed by atoms with E-state index in [0.717, 1.165) is 12.2 Å². The van der Waals surface area contributed by atoms with E-state index in [1.807, 2.05) is 13.1 Å². The average molecular weight is 206 g/mol. The molecule has 0 spiro atoms. The van der Waals surface area contributed by atoms with E-state index in [9.17, 15) is 0 Å². The zero-order valence-electron chi connectivity index (χ0n) is 9.15. The molecule has 2 atom stereocenters. The first-order valence-corrected chi connectivity index (χ1v) is 5.64. The summed E-state index contributed by atoms with van der Waals surface area (Å²) in [5.74, 6) is 1.33. The van der Waals surface area contributed by atoms with Gasteiger partial charge < -0.3 is 10.5 Å². The van der Waals surface area contributed by atoms with E-state index in [2.05, 4.69) is 11.1 Å². The monoisotopic (exact) mass is 206 g/mol. The maximum Gasteiger partial charge on any atom is 0.137 e. The first-order valence-electron chi connectivity index (χ1n) is 5.64. The summed E-state index contributed by atoms with van der Waals surface area (Å²) in [4.78, 5) is 4.20. The van der Waals surface area contributed by atoms with Crippen molar-refractivity contribution in [1.82, 2.24) is 4.98 Å². The lowest BCUT2D eigenvalue weighted by Crippen LogP contribution is -2.22. The third-order valence-corrected chi connectivity index (χ3v) is 3.04. The minimum atomic E-state index is 0.295. The first-order chi connectivity index (χ1) is 7.31. The number of hydrogen-bond donors (Lipinski definition) is 1. The minimum absolute atomic E-state index is 0.295. The molecule has 15 heavy (non-hydrogen) atoms. The van der Waals surface area contributed by atoms with Crippen molar-refractivity contribution in [1.29, 1.82) is 0 Å². The third-order valence-electron chi connectivity index (χ3n) is 3.04. The van der Waals surface area contributed by atoms with Crippen LogP contribution in [0.5, 0.6) is 5.75 Å². The molecule has 0 aliphatic heterocycles. The topological polar surface area (TPSA) is 48.1 Å². The normalized spacial score (nSPS) is 25.5. The van der Waals surface area contributed by atoms with Gasteiger partial charge in [-0.2, -0.15) is 0 Å². The van der Waals surface area contributed by atoms with Crippen LogP contribution in [0, 0.1) is 0 Å². The second-order valence-corrected chi connectivity index (χ2v) is 4.09. The third kappa shape index (κ3) is 2.29. The highest BCUT2D eigenvalue weighted by Crippen LogP contribution is 2.34. The lowest BCUT2D eigenvalue weighted by atomic mass is 9.96. The van der Waals surface area contributed by atoms with Crippen LogP contribution in [0.3, 0.4) is 0 Å². The molecule has 0 amide bonds. The van der Waals surface area contributed by atoms with Crippen LogP contribution in [-0.4, -0.2) is 17.6 Å². The summed E-state index contributed by atoms with van der Waals surface area (Å²) in [7, 11) is 0. The number of rotatable bonds is 3. The predicted octanol–water partition coefficient (Wildman–Crippen LogP) is 2.08. The molecular weight excluding hydrogens is 188 g/mol. The van der Waals surface area contributed by atoms with Gasteiger partial charge in [-0.1, -0.05) is 6.42 Å². The summed E-state index contributed by atoms with van der Waals surface area (Å²) >= 11 is 0. The quantitative estimate of drug-likeness (QED) is 0.823. The lowest BCUT2D eigenvalue weighted by Gasteiger charge is -2.15. The van der Waals surface area contributed by atoms with Crippen LogP contribution in [0.1, 0.15) is 37.7 Å². The highest BCUT2D eigenvalue weighted by molar-refractivity contribution is 5.28. The second kappa shape index (κ2) is 4.62. The number of nitrogens with two attached hydrogens (primary N) is 1. The molecule has 2 N–H and O–H groups in total. The molecule has 82 valence electrons. The van der Waals surface area contributed by atoms with Gasteiger partial charge in [-0.05, 0) is 31.4 Å². The number of pyridine rings is 1. The Kier molecular flexibility index (Phi) is 3.21. The Morgan fingerprint density at radius 1 is 1.47 bits per heavy atom. The summed E-state index contributed by atoms with van der Waals surface area (Å²) in [5, 5.41) is 0. The van der Waals surface area contributed by atoms with E-state index in [-0.39, 0.29) is 0 Å². The molecule has 2 rings (SSSR count). The number of ether oxygens (including phenoxy) is 1. The van der Waals surface area contributed by atoms with E-state index in [4.69, 9.17) is 10.5 Å². The maximum atomic E-state index is 6.07. The Morgan fingerprint density at radius 3 is 3.00 bits per heavy atom. The molecule has 3 nitrogen and oxygen atoms in total. The predicted molar refractivity (Wildman–Crippen MR) is 60.0 cm³/mol. The second-order valence-electron chi connectivity index (χ2n) is 4.09. The Labute approximate surface area is 90.7 Å². The average Bonchev–Trinajstić information content (AvgIpc) is 2.65. The highest BCUT2D eigenvalue weighted by atomic mass is 16.5. The summed E-state index contributed by atoms with van der Waals surface area (Å²) < 4.78 is 5.44. The molecule has 3 heteroatoms. The summed E-state index contributed by atoms with van der Waals surface area (Å²) in [6.07, 6.45) is 7.21. The molecular formula is C12H18N2O. The van der Waals surface area contributed by atoms with Crippen LogP contribution in [0.4, 0.5) is 0 Å². The number of hydrogen-bond acceptors (Lipinski definition) is 3. The van der Waals surface area contributed by atoms with Gasteiger partial charge in [-0.3, -0.25) is 4.98 Å². The van der Waals surface area contributed by atoms with Crippen molar-refractivity contribution in [3.05, 3.63) is 24.0 Å². The molecule has 1 aromatic rings. The van der Waals surface area contributed by atoms with Gasteiger partial charge in [0.05, 0.1) is 12.8 Å². The summed E-state index contributed by atoms with van der Waals surface area (Å²) in [5.41, 5.74) is 7.29. The van der Waals surface area contributed by atoms with Crippen LogP contribution in [0.2, 0.25) is 0 Å². The molecule has 1 heterocycles. The molecule has 0 radical (unpaired) electrons. The Balaban J connectivity index is 2.16. The molecule has 0 bridgehead atoms. The zero-order chi connectivity index (χ0) is 10.7. The smallest absolute Gasteiger partial charge is 0.137 e. The van der Waals surface area contributed by atoms with Crippen molar-refractivity contribution in [3.8, 4) is 5.75 Å². The lowest BCUT2D eigenvalue weighted by molar-refractivity contribution is 0.338. The van der Waals surface area contributed by atoms with Crippen molar-refractivity contribution >= 4 is 0 Å². The highest BCUT2D eigenvalue weighted by Gasteiger charge is 2.25. The van der Waals surface area contributed by atoms with Crippen LogP contribution >= 0.6 is 0 Å². The van der Waals surface area contributed by atoms with Crippen molar-refractivity contribution < 1.29 is 4.74 Å². The standard InChI is InChI=1S/C12H18N2O/c1-2-15-10-6-9(7-14-8-10)11-4-3-5-12(11)13/h6-8,11-12H,2-5,13H2,1H3. The van der Waals surface area contributed by atoms with Crippen molar-refractivity contribution in [2.24, 2.45) is 5.73 Å². The van der Waals surface area contributed by atoms with E-state index in [1.54, 1.807) is 6.20 Å². The van der Waals surface area contributed by atoms with Gasteiger partial charge in [-0.25, -0.2) is 0 Å². The SMILES string of the molecule is CCOc1cncc(C2CCCC2N)c1. The molecule has 0 saturated heterocycles. The van der Waals surface area contributed by atoms with Gasteiger partial charge >= 0.3 is 0 Å². The molecule has 1 saturated carbocycles. The first kappa shape index (κ1) is 10.4. The Bertz CT molecular complexity index is 327. The Hall–Kier alpha value is -1.09. The van der Waals surface area contributed by atoms with E-state index in [1.165, 1.54) is 18.4 Å². The van der Waals surface area contributed by atoms with Crippen LogP contribution in [0.25, 0.3) is 0 Å². The van der Waals surface area contributed by atoms with Gasteiger partial charge in [0.2, 0.25) is 0 Å². The van der Waals surface area contributed by atoms with Gasteiger partial charge in [0.25, 0.3) is 0 Å². The molecule has 1 aromatic heterocycles. The fourth-order valence-electron chi connectivity index (χ4n) is 2.29. The molecule has 2 unspecified atom stereocenters. The van der Waals surface area contributed by atoms with Crippen molar-refractivity contribution in [3.63, 3.8) is 0 Å². The van der Waals surface area contributed by atoms with Gasteiger partial charge in [-0.15, -0.1) is 0 Å². The fraction of sp³-hybridized carbons (Fsp3) is 0.583. The Morgan fingerprint density at radius 2 is 2.33 bits per heavy atom. The molecule has 1 fully saturated rings. The van der Waals surface area contributed by atoms with Crippen LogP contribution in [-0.2, 0) is 0 Å². The van der Waals surface area contributed by atoms with Gasteiger partial charge in [0.1, 0.15) is 5.75 Å². The number of nitrogens with zero attached hydrogens (tertiary/aromatic N) is 1. The minimum Gasteiger partial charge on any atom is -0.492 e. The zero-order valence-corrected chi connectivity index (χ0v) is 9.15. The summed E-state index contributed by atoms with van der Waals surface area (Å²) in [6, 6.07) is 2.37. The van der Waals surface area contributed by atoms with Crippen LogP contribution in [0.15, 0.2) is 18.5 Å². The van der Waals surface area contributed by atoms with Crippen molar-refractivity contribution in [2.75, 3.05) is 6.61 Å². The maximum absolute atomic E-state index is 6.07. The number of aromatic nitrogens is 1. The molecule has 1 aliphatic rings. The largest absolute Gasteiger partial charge is 0.492 e. The van der Waals surface area contributed by atoms with Crippen molar-refractivity contribution in [2.45, 2.75) is 38.1 Å². The van der Waals surface area contributed by atoms with E-state index < -0.39 is 0 Å².